The molecule has 2 aromatic carbocycles. The molecule has 1 aliphatic rings. The van der Waals surface area contributed by atoms with Gasteiger partial charge in [0.25, 0.3) is 11.1 Å². The molecule has 1 saturated heterocycles. The predicted octanol–water partition coefficient (Wildman–Crippen LogP) is 4.65. The zero-order chi connectivity index (χ0) is 22.5. The molecule has 4 rings (SSSR count). The Morgan fingerprint density at radius 2 is 1.91 bits per heavy atom. The molecule has 1 fully saturated rings. The lowest BCUT2D eigenvalue weighted by atomic mass is 10.1. The number of carbonyl (C=O) groups is 3. The molecule has 164 valence electrons. The van der Waals surface area contributed by atoms with Gasteiger partial charge in [-0.15, -0.1) is 0 Å². The van der Waals surface area contributed by atoms with E-state index in [9.17, 15) is 14.4 Å². The highest BCUT2D eigenvalue weighted by atomic mass is 32.2. The number of nitrogens with one attached hydrogen (secondary N) is 2. The predicted molar refractivity (Wildman–Crippen MR) is 128 cm³/mol. The number of rotatable bonds is 8. The van der Waals surface area contributed by atoms with Crippen LogP contribution in [0.2, 0.25) is 0 Å². The highest BCUT2D eigenvalue weighted by Crippen LogP contribution is 2.31. The molecule has 32 heavy (non-hydrogen) atoms. The number of aromatic nitrogens is 1. The second kappa shape index (κ2) is 9.87. The molecule has 2 N–H and O–H groups in total. The van der Waals surface area contributed by atoms with Crippen LogP contribution < -0.4 is 5.32 Å². The fourth-order valence-corrected chi connectivity index (χ4v) is 4.55. The van der Waals surface area contributed by atoms with Crippen molar-refractivity contribution < 1.29 is 14.4 Å². The number of aromatic amines is 1. The average Bonchev–Trinajstić information content (AvgIpc) is 3.31. The zero-order valence-electron chi connectivity index (χ0n) is 17.9. The normalized spacial score (nSPS) is 15.2. The van der Waals surface area contributed by atoms with Gasteiger partial charge in [-0.1, -0.05) is 48.0 Å². The second-order valence-electron chi connectivity index (χ2n) is 7.81. The Kier molecular flexibility index (Phi) is 6.75. The molecule has 2 heterocycles. The Balaban J connectivity index is 1.22. The molecule has 0 aliphatic carbocycles. The molecule has 1 aromatic heterocycles. The van der Waals surface area contributed by atoms with Crippen molar-refractivity contribution in [2.45, 2.75) is 26.2 Å². The number of nitrogens with zero attached hydrogens (tertiary/aromatic N) is 1. The summed E-state index contributed by atoms with van der Waals surface area (Å²) in [7, 11) is 0. The lowest BCUT2D eigenvalue weighted by Crippen LogP contribution is -2.37. The molecular weight excluding hydrogens is 422 g/mol. The van der Waals surface area contributed by atoms with Gasteiger partial charge in [-0.25, -0.2) is 0 Å². The van der Waals surface area contributed by atoms with Crippen LogP contribution in [0.4, 0.5) is 4.79 Å². The standard InChI is InChI=1S/C25H25N3O3S/c1-17-9-11-18(12-10-17)15-22-24(30)28(25(31)32-22)14-13-26-23(29)8-4-5-19-16-27-21-7-3-2-6-20(19)21/h2-3,6-7,9-12,15-16,27H,4-5,8,13-14H2,1H3,(H,26,29)/b22-15-. The van der Waals surface area contributed by atoms with Crippen molar-refractivity contribution in [3.05, 3.63) is 76.3 Å². The summed E-state index contributed by atoms with van der Waals surface area (Å²) in [5.74, 6) is -0.388. The van der Waals surface area contributed by atoms with E-state index in [-0.39, 0.29) is 30.1 Å². The van der Waals surface area contributed by atoms with Gasteiger partial charge in [-0.05, 0) is 54.8 Å². The van der Waals surface area contributed by atoms with Crippen LogP contribution in [0.25, 0.3) is 17.0 Å². The smallest absolute Gasteiger partial charge is 0.293 e. The van der Waals surface area contributed by atoms with E-state index in [0.717, 1.165) is 41.2 Å². The van der Waals surface area contributed by atoms with E-state index in [1.807, 2.05) is 55.6 Å². The number of aryl methyl sites for hydroxylation is 2. The number of benzene rings is 2. The van der Waals surface area contributed by atoms with Crippen molar-refractivity contribution in [2.24, 2.45) is 0 Å². The fraction of sp³-hybridized carbons (Fsp3) is 0.240. The van der Waals surface area contributed by atoms with Crippen molar-refractivity contribution in [2.75, 3.05) is 13.1 Å². The number of hydrogen-bond donors (Lipinski definition) is 2. The maximum absolute atomic E-state index is 12.6. The third-order valence-corrected chi connectivity index (χ3v) is 6.34. The number of H-pyrrole nitrogens is 1. The highest BCUT2D eigenvalue weighted by Gasteiger charge is 2.34. The van der Waals surface area contributed by atoms with Crippen molar-refractivity contribution in [1.82, 2.24) is 15.2 Å². The Bertz CT molecular complexity index is 1180. The number of hydrogen-bond acceptors (Lipinski definition) is 4. The van der Waals surface area contributed by atoms with Crippen LogP contribution in [0.1, 0.15) is 29.5 Å². The first-order chi connectivity index (χ1) is 15.5. The molecule has 0 atom stereocenters. The monoisotopic (exact) mass is 447 g/mol. The van der Waals surface area contributed by atoms with E-state index in [4.69, 9.17) is 0 Å². The number of amides is 3. The molecule has 0 saturated carbocycles. The first-order valence-electron chi connectivity index (χ1n) is 10.6. The quantitative estimate of drug-likeness (QED) is 0.493. The summed E-state index contributed by atoms with van der Waals surface area (Å²) in [4.78, 5) is 41.8. The van der Waals surface area contributed by atoms with Gasteiger partial charge in [0, 0.05) is 36.6 Å². The van der Waals surface area contributed by atoms with Crippen LogP contribution in [0.3, 0.4) is 0 Å². The van der Waals surface area contributed by atoms with Crippen molar-refractivity contribution in [1.29, 1.82) is 0 Å². The van der Waals surface area contributed by atoms with Crippen LogP contribution in [0.5, 0.6) is 0 Å². The van der Waals surface area contributed by atoms with Gasteiger partial charge >= 0.3 is 0 Å². The fourth-order valence-electron chi connectivity index (χ4n) is 3.68. The molecular formula is C25H25N3O3S. The Labute approximate surface area is 191 Å². The van der Waals surface area contributed by atoms with Crippen LogP contribution in [0.15, 0.2) is 59.6 Å². The van der Waals surface area contributed by atoms with Crippen molar-refractivity contribution in [3.8, 4) is 0 Å². The minimum absolute atomic E-state index is 0.0768. The maximum Gasteiger partial charge on any atom is 0.293 e. The first kappa shape index (κ1) is 21.9. The molecule has 1 aliphatic heterocycles. The molecule has 0 unspecified atom stereocenters. The third kappa shape index (κ3) is 5.11. The molecule has 0 bridgehead atoms. The topological polar surface area (TPSA) is 82.3 Å². The SMILES string of the molecule is Cc1ccc(/C=C2\SC(=O)N(CCNC(=O)CCCc3c[nH]c4ccccc34)C2=O)cc1. The average molecular weight is 448 g/mol. The van der Waals surface area contributed by atoms with Gasteiger partial charge in [0.1, 0.15) is 0 Å². The summed E-state index contributed by atoms with van der Waals surface area (Å²) in [5.41, 5.74) is 4.31. The summed E-state index contributed by atoms with van der Waals surface area (Å²) in [5, 5.41) is 3.70. The molecule has 0 radical (unpaired) electrons. The van der Waals surface area contributed by atoms with Gasteiger partial charge in [-0.2, -0.15) is 0 Å². The zero-order valence-corrected chi connectivity index (χ0v) is 18.7. The van der Waals surface area contributed by atoms with E-state index in [1.54, 1.807) is 6.08 Å². The lowest BCUT2D eigenvalue weighted by Gasteiger charge is -2.13. The second-order valence-corrected chi connectivity index (χ2v) is 8.80. The van der Waals surface area contributed by atoms with Crippen molar-refractivity contribution >= 4 is 45.8 Å². The van der Waals surface area contributed by atoms with E-state index in [2.05, 4.69) is 16.4 Å². The number of para-hydroxylation sites is 1. The van der Waals surface area contributed by atoms with Crippen LogP contribution >= 0.6 is 11.8 Å². The summed E-state index contributed by atoms with van der Waals surface area (Å²) in [6.07, 6.45) is 5.66. The maximum atomic E-state index is 12.6. The van der Waals surface area contributed by atoms with Gasteiger partial charge in [0.15, 0.2) is 0 Å². The lowest BCUT2D eigenvalue weighted by molar-refractivity contribution is -0.124. The van der Waals surface area contributed by atoms with Crippen molar-refractivity contribution in [3.63, 3.8) is 0 Å². The van der Waals surface area contributed by atoms with Crippen LogP contribution in [-0.4, -0.2) is 40.0 Å². The van der Waals surface area contributed by atoms with E-state index in [0.29, 0.717) is 11.3 Å². The van der Waals surface area contributed by atoms with E-state index >= 15 is 0 Å². The van der Waals surface area contributed by atoms with Gasteiger partial charge < -0.3 is 10.3 Å². The number of fused-ring (bicyclic) bond motifs is 1. The minimum Gasteiger partial charge on any atom is -0.361 e. The Morgan fingerprint density at radius 1 is 1.12 bits per heavy atom. The summed E-state index contributed by atoms with van der Waals surface area (Å²) < 4.78 is 0. The largest absolute Gasteiger partial charge is 0.361 e. The van der Waals surface area contributed by atoms with Crippen LogP contribution in [0, 0.1) is 6.92 Å². The molecule has 3 aromatic rings. The summed E-state index contributed by atoms with van der Waals surface area (Å²) >= 11 is 0.936. The third-order valence-electron chi connectivity index (χ3n) is 5.43. The van der Waals surface area contributed by atoms with E-state index < -0.39 is 0 Å². The van der Waals surface area contributed by atoms with Gasteiger partial charge in [0.2, 0.25) is 5.91 Å². The molecule has 3 amide bonds. The molecule has 6 nitrogen and oxygen atoms in total. The van der Waals surface area contributed by atoms with Gasteiger partial charge in [0.05, 0.1) is 4.91 Å². The molecule has 0 spiro atoms. The summed E-state index contributed by atoms with van der Waals surface area (Å²) in [6.45, 7) is 2.42. The Morgan fingerprint density at radius 3 is 2.72 bits per heavy atom. The minimum atomic E-state index is -0.311. The van der Waals surface area contributed by atoms with Gasteiger partial charge in [-0.3, -0.25) is 19.3 Å². The Hall–Kier alpha value is -3.32. The number of thioether (sulfide) groups is 1. The van der Waals surface area contributed by atoms with E-state index in [1.165, 1.54) is 15.8 Å². The first-order valence-corrected chi connectivity index (χ1v) is 11.5. The summed E-state index contributed by atoms with van der Waals surface area (Å²) in [6, 6.07) is 15.9. The molecule has 7 heteroatoms. The highest BCUT2D eigenvalue weighted by molar-refractivity contribution is 8.18. The number of carbonyl (C=O) groups excluding carboxylic acids is 3. The number of imide groups is 1. The van der Waals surface area contributed by atoms with Crippen LogP contribution in [-0.2, 0) is 16.0 Å².